The highest BCUT2D eigenvalue weighted by molar-refractivity contribution is 7.99. The van der Waals surface area contributed by atoms with Crippen LogP contribution in [0.5, 0.6) is 0 Å². The Morgan fingerprint density at radius 3 is 2.67 bits per heavy atom. The van der Waals surface area contributed by atoms with Crippen molar-refractivity contribution in [3.8, 4) is 0 Å². The van der Waals surface area contributed by atoms with Gasteiger partial charge in [-0.3, -0.25) is 4.79 Å². The number of rotatable bonds is 7. The van der Waals surface area contributed by atoms with Crippen LogP contribution in [0.2, 0.25) is 0 Å². The first-order valence-electron chi connectivity index (χ1n) is 9.39. The number of para-hydroxylation sites is 2. The summed E-state index contributed by atoms with van der Waals surface area (Å²) < 4.78 is 15.3. The summed E-state index contributed by atoms with van der Waals surface area (Å²) in [6.07, 6.45) is 2.00. The minimum absolute atomic E-state index is 0.0846. The molecule has 4 rings (SSSR count). The molecule has 0 unspecified atom stereocenters. The van der Waals surface area contributed by atoms with Crippen LogP contribution in [0.25, 0.3) is 11.0 Å². The average Bonchev–Trinajstić information content (AvgIpc) is 3.11. The third-order valence-electron chi connectivity index (χ3n) is 4.56. The van der Waals surface area contributed by atoms with Crippen LogP contribution in [0.15, 0.2) is 82.8 Å². The Morgan fingerprint density at radius 2 is 1.87 bits per heavy atom. The second-order valence-electron chi connectivity index (χ2n) is 6.66. The number of hydrogen-bond donors (Lipinski definition) is 1. The first-order chi connectivity index (χ1) is 14.6. The van der Waals surface area contributed by atoms with Gasteiger partial charge in [-0.2, -0.15) is 0 Å². The quantitative estimate of drug-likeness (QED) is 0.378. The molecule has 0 aliphatic rings. The molecule has 1 aromatic heterocycles. The fourth-order valence-electron chi connectivity index (χ4n) is 3.12. The zero-order valence-corrected chi connectivity index (χ0v) is 18.0. The number of halogens is 1. The molecule has 0 fully saturated rings. The Balaban J connectivity index is 1.51. The third-order valence-corrected chi connectivity index (χ3v) is 6.26. The molecule has 0 spiro atoms. The van der Waals surface area contributed by atoms with Gasteiger partial charge in [0, 0.05) is 10.6 Å². The normalized spacial score (nSPS) is 11.0. The number of nitrogens with one attached hydrogen (secondary N) is 1. The van der Waals surface area contributed by atoms with E-state index in [0.29, 0.717) is 6.54 Å². The Kier molecular flexibility index (Phi) is 6.40. The maximum atomic E-state index is 13.3. The Hall–Kier alpha value is -2.77. The van der Waals surface area contributed by atoms with Gasteiger partial charge in [0.25, 0.3) is 0 Å². The van der Waals surface area contributed by atoms with Gasteiger partial charge >= 0.3 is 0 Å². The highest BCUT2D eigenvalue weighted by atomic mass is 32.2. The lowest BCUT2D eigenvalue weighted by atomic mass is 10.2. The lowest BCUT2D eigenvalue weighted by molar-refractivity contribution is -0.113. The standard InChI is InChI=1S/C23H20FN3OS2/c1-29-19-6-4-5-18(13-19)25-22(28)15-30-23-26-20-7-2-3-8-21(20)27(23)14-16-9-11-17(24)12-10-16/h2-13H,14-15H2,1H3,(H,25,28). The maximum Gasteiger partial charge on any atom is 0.234 e. The number of carbonyl (C=O) groups excluding carboxylic acids is 1. The number of imidazole rings is 1. The van der Waals surface area contributed by atoms with Crippen molar-refractivity contribution in [3.05, 3.63) is 84.2 Å². The van der Waals surface area contributed by atoms with Crippen molar-refractivity contribution < 1.29 is 9.18 Å². The second kappa shape index (κ2) is 9.36. The third kappa shape index (κ3) is 4.86. The molecule has 0 atom stereocenters. The molecule has 7 heteroatoms. The fraction of sp³-hybridized carbons (Fsp3) is 0.130. The fourth-order valence-corrected chi connectivity index (χ4v) is 4.39. The monoisotopic (exact) mass is 437 g/mol. The van der Waals surface area contributed by atoms with Gasteiger partial charge < -0.3 is 9.88 Å². The number of anilines is 1. The van der Waals surface area contributed by atoms with E-state index in [1.807, 2.05) is 54.8 Å². The van der Waals surface area contributed by atoms with E-state index in [1.165, 1.54) is 23.9 Å². The van der Waals surface area contributed by atoms with Gasteiger partial charge in [-0.1, -0.05) is 42.1 Å². The lowest BCUT2D eigenvalue weighted by Gasteiger charge is -2.10. The Morgan fingerprint density at radius 1 is 1.07 bits per heavy atom. The van der Waals surface area contributed by atoms with Gasteiger partial charge in [-0.25, -0.2) is 9.37 Å². The van der Waals surface area contributed by atoms with E-state index < -0.39 is 0 Å². The minimum atomic E-state index is -0.258. The number of amides is 1. The maximum absolute atomic E-state index is 13.3. The van der Waals surface area contributed by atoms with Crippen LogP contribution in [0.3, 0.4) is 0 Å². The molecule has 1 amide bonds. The number of hydrogen-bond acceptors (Lipinski definition) is 4. The van der Waals surface area contributed by atoms with Gasteiger partial charge in [0.05, 0.1) is 23.3 Å². The van der Waals surface area contributed by atoms with Crippen molar-refractivity contribution in [1.82, 2.24) is 9.55 Å². The van der Waals surface area contributed by atoms with Crippen molar-refractivity contribution in [2.24, 2.45) is 0 Å². The average molecular weight is 438 g/mol. The second-order valence-corrected chi connectivity index (χ2v) is 8.49. The summed E-state index contributed by atoms with van der Waals surface area (Å²) in [5, 5.41) is 3.70. The smallest absolute Gasteiger partial charge is 0.234 e. The molecule has 0 radical (unpaired) electrons. The van der Waals surface area contributed by atoms with E-state index in [-0.39, 0.29) is 17.5 Å². The summed E-state index contributed by atoms with van der Waals surface area (Å²) in [5.74, 6) is -0.0966. The topological polar surface area (TPSA) is 46.9 Å². The Bertz CT molecular complexity index is 1170. The number of fused-ring (bicyclic) bond motifs is 1. The first-order valence-corrected chi connectivity index (χ1v) is 11.6. The number of nitrogens with zero attached hydrogens (tertiary/aromatic N) is 2. The number of carbonyl (C=O) groups is 1. The van der Waals surface area contributed by atoms with E-state index in [9.17, 15) is 9.18 Å². The van der Waals surface area contributed by atoms with Gasteiger partial charge in [-0.15, -0.1) is 11.8 Å². The zero-order valence-electron chi connectivity index (χ0n) is 16.3. The van der Waals surface area contributed by atoms with E-state index in [1.54, 1.807) is 23.9 Å². The highest BCUT2D eigenvalue weighted by Crippen LogP contribution is 2.26. The van der Waals surface area contributed by atoms with E-state index in [0.717, 1.165) is 32.3 Å². The molecule has 4 nitrogen and oxygen atoms in total. The number of thioether (sulfide) groups is 2. The van der Waals surface area contributed by atoms with Gasteiger partial charge in [0.15, 0.2) is 5.16 Å². The molecule has 152 valence electrons. The SMILES string of the molecule is CSc1cccc(NC(=O)CSc2nc3ccccc3n2Cc2ccc(F)cc2)c1. The summed E-state index contributed by atoms with van der Waals surface area (Å²) in [6.45, 7) is 0.556. The molecule has 0 saturated carbocycles. The van der Waals surface area contributed by atoms with Crippen molar-refractivity contribution in [3.63, 3.8) is 0 Å². The molecular weight excluding hydrogens is 417 g/mol. The summed E-state index contributed by atoms with van der Waals surface area (Å²) in [6, 6.07) is 22.1. The summed E-state index contributed by atoms with van der Waals surface area (Å²) in [5.41, 5.74) is 3.61. The van der Waals surface area contributed by atoms with Crippen molar-refractivity contribution in [2.45, 2.75) is 16.6 Å². The van der Waals surface area contributed by atoms with Crippen molar-refractivity contribution in [2.75, 3.05) is 17.3 Å². The van der Waals surface area contributed by atoms with Gasteiger partial charge in [0.2, 0.25) is 5.91 Å². The summed E-state index contributed by atoms with van der Waals surface area (Å²) >= 11 is 3.03. The summed E-state index contributed by atoms with van der Waals surface area (Å²) in [7, 11) is 0. The molecular formula is C23H20FN3OS2. The number of aromatic nitrogens is 2. The Labute approximate surface area is 182 Å². The van der Waals surface area contributed by atoms with Crippen LogP contribution < -0.4 is 5.32 Å². The van der Waals surface area contributed by atoms with E-state index in [2.05, 4.69) is 9.88 Å². The van der Waals surface area contributed by atoms with Crippen LogP contribution in [0, 0.1) is 5.82 Å². The summed E-state index contributed by atoms with van der Waals surface area (Å²) in [4.78, 5) is 18.3. The van der Waals surface area contributed by atoms with Gasteiger partial charge in [0.1, 0.15) is 5.82 Å². The molecule has 1 N–H and O–H groups in total. The van der Waals surface area contributed by atoms with Crippen LogP contribution in [0.1, 0.15) is 5.56 Å². The van der Waals surface area contributed by atoms with Gasteiger partial charge in [-0.05, 0) is 54.3 Å². The number of benzene rings is 3. The van der Waals surface area contributed by atoms with Crippen LogP contribution in [-0.4, -0.2) is 27.5 Å². The van der Waals surface area contributed by atoms with Crippen LogP contribution in [0.4, 0.5) is 10.1 Å². The van der Waals surface area contributed by atoms with Crippen LogP contribution in [-0.2, 0) is 11.3 Å². The van der Waals surface area contributed by atoms with E-state index >= 15 is 0 Å². The van der Waals surface area contributed by atoms with Crippen LogP contribution >= 0.6 is 23.5 Å². The molecule has 1 heterocycles. The zero-order chi connectivity index (χ0) is 20.9. The highest BCUT2D eigenvalue weighted by Gasteiger charge is 2.14. The van der Waals surface area contributed by atoms with Crippen molar-refractivity contribution in [1.29, 1.82) is 0 Å². The molecule has 30 heavy (non-hydrogen) atoms. The first kappa shape index (κ1) is 20.5. The molecule has 0 aliphatic carbocycles. The molecule has 4 aromatic rings. The molecule has 3 aromatic carbocycles. The van der Waals surface area contributed by atoms with E-state index in [4.69, 9.17) is 4.98 Å². The minimum Gasteiger partial charge on any atom is -0.325 e. The molecule has 0 aliphatic heterocycles. The molecule has 0 bridgehead atoms. The molecule has 0 saturated heterocycles. The predicted octanol–water partition coefficient (Wildman–Crippen LogP) is 5.68. The van der Waals surface area contributed by atoms with Crippen molar-refractivity contribution >= 4 is 46.2 Å². The largest absolute Gasteiger partial charge is 0.325 e. The lowest BCUT2D eigenvalue weighted by Crippen LogP contribution is -2.14. The predicted molar refractivity (Wildman–Crippen MR) is 123 cm³/mol.